The van der Waals surface area contributed by atoms with Gasteiger partial charge in [0.25, 0.3) is 11.8 Å². The Balaban J connectivity index is 1.40. The molecule has 1 saturated heterocycles. The fourth-order valence-electron chi connectivity index (χ4n) is 4.40. The number of para-hydroxylation sites is 1. The molecule has 0 spiro atoms. The average molecular weight is 500 g/mol. The number of imide groups is 2. The first kappa shape index (κ1) is 21.9. The molecule has 0 radical (unpaired) electrons. The van der Waals surface area contributed by atoms with Crippen molar-refractivity contribution in [2.24, 2.45) is 0 Å². The smallest absolute Gasteiger partial charge is 0.335 e. The van der Waals surface area contributed by atoms with Gasteiger partial charge in [0, 0.05) is 40.3 Å². The molecule has 3 aromatic carbocycles. The highest BCUT2D eigenvalue weighted by molar-refractivity contribution is 6.39. The van der Waals surface area contributed by atoms with Crippen molar-refractivity contribution in [3.8, 4) is 11.5 Å². The Morgan fingerprint density at radius 3 is 2.58 bits per heavy atom. The summed E-state index contributed by atoms with van der Waals surface area (Å²) < 4.78 is 12.7. The van der Waals surface area contributed by atoms with Gasteiger partial charge in [0.1, 0.15) is 5.57 Å². The molecule has 4 amide bonds. The number of urea groups is 1. The minimum absolute atomic E-state index is 0.0564. The van der Waals surface area contributed by atoms with Crippen molar-refractivity contribution < 1.29 is 23.9 Å². The first-order chi connectivity index (χ1) is 17.5. The number of nitrogens with one attached hydrogen (secondary N) is 1. The number of aromatic nitrogens is 1. The van der Waals surface area contributed by atoms with E-state index in [9.17, 15) is 14.4 Å². The van der Waals surface area contributed by atoms with Gasteiger partial charge < -0.3 is 14.0 Å². The molecule has 1 fully saturated rings. The van der Waals surface area contributed by atoms with Gasteiger partial charge in [0.15, 0.2) is 11.5 Å². The second kappa shape index (κ2) is 8.58. The molecule has 8 nitrogen and oxygen atoms in total. The third-order valence-electron chi connectivity index (χ3n) is 6.13. The van der Waals surface area contributed by atoms with Gasteiger partial charge in [-0.05, 0) is 35.9 Å². The molecule has 3 heterocycles. The Morgan fingerprint density at radius 2 is 1.72 bits per heavy atom. The van der Waals surface area contributed by atoms with Gasteiger partial charge in [-0.15, -0.1) is 0 Å². The molecule has 2 aliphatic heterocycles. The van der Waals surface area contributed by atoms with Crippen LogP contribution in [0.5, 0.6) is 11.5 Å². The molecule has 0 unspecified atom stereocenters. The molecule has 1 N–H and O–H groups in total. The van der Waals surface area contributed by atoms with Crippen LogP contribution in [0.1, 0.15) is 11.1 Å². The lowest BCUT2D eigenvalue weighted by Gasteiger charge is -2.26. The summed E-state index contributed by atoms with van der Waals surface area (Å²) in [6.07, 6.45) is 3.37. The van der Waals surface area contributed by atoms with Gasteiger partial charge in [-0.1, -0.05) is 48.0 Å². The molecule has 0 bridgehead atoms. The van der Waals surface area contributed by atoms with Gasteiger partial charge in [-0.3, -0.25) is 14.9 Å². The molecule has 36 heavy (non-hydrogen) atoms. The maximum absolute atomic E-state index is 13.4. The standard InChI is InChI=1S/C27H18ClN3O5/c28-21-7-3-1-5-16(21)13-30-14-17(19-6-2-4-8-22(19)30)11-20-25(32)29-27(34)31(26(20)33)18-9-10-23-24(12-18)36-15-35-23/h1-12,14H,13,15H2,(H,29,32,34)/b20-11+. The molecule has 0 aliphatic carbocycles. The van der Waals surface area contributed by atoms with Crippen LogP contribution in [0, 0.1) is 0 Å². The van der Waals surface area contributed by atoms with Crippen molar-refractivity contribution in [2.75, 3.05) is 11.7 Å². The summed E-state index contributed by atoms with van der Waals surface area (Å²) in [4.78, 5) is 39.7. The quantitative estimate of drug-likeness (QED) is 0.323. The topological polar surface area (TPSA) is 89.9 Å². The van der Waals surface area contributed by atoms with Crippen LogP contribution in [0.4, 0.5) is 10.5 Å². The lowest BCUT2D eigenvalue weighted by molar-refractivity contribution is -0.122. The first-order valence-corrected chi connectivity index (χ1v) is 11.5. The molecular weight excluding hydrogens is 482 g/mol. The molecule has 9 heteroatoms. The summed E-state index contributed by atoms with van der Waals surface area (Å²) in [6.45, 7) is 0.562. The zero-order chi connectivity index (χ0) is 24.8. The van der Waals surface area contributed by atoms with Crippen molar-refractivity contribution in [2.45, 2.75) is 6.54 Å². The SMILES string of the molecule is O=C1NC(=O)N(c2ccc3c(c2)OCO3)C(=O)/C1=C/c1cn(Cc2ccccc2Cl)c2ccccc12. The van der Waals surface area contributed by atoms with E-state index in [1.54, 1.807) is 12.1 Å². The van der Waals surface area contributed by atoms with E-state index in [1.165, 1.54) is 12.1 Å². The number of halogens is 1. The zero-order valence-electron chi connectivity index (χ0n) is 18.7. The number of barbiturate groups is 1. The number of rotatable bonds is 4. The monoisotopic (exact) mass is 499 g/mol. The largest absolute Gasteiger partial charge is 0.454 e. The molecular formula is C27H18ClN3O5. The van der Waals surface area contributed by atoms with E-state index in [1.807, 2.05) is 59.3 Å². The number of benzene rings is 3. The number of anilines is 1. The number of amides is 4. The summed E-state index contributed by atoms with van der Waals surface area (Å²) in [5.74, 6) is -0.560. The molecule has 2 aliphatic rings. The van der Waals surface area contributed by atoms with Crippen LogP contribution in [-0.2, 0) is 16.1 Å². The molecule has 1 aromatic heterocycles. The van der Waals surface area contributed by atoms with Crippen LogP contribution in [0.15, 0.2) is 78.5 Å². The second-order valence-electron chi connectivity index (χ2n) is 8.32. The van der Waals surface area contributed by atoms with Gasteiger partial charge in [-0.25, -0.2) is 9.69 Å². The van der Waals surface area contributed by atoms with E-state index < -0.39 is 17.8 Å². The fraction of sp³-hybridized carbons (Fsp3) is 0.0741. The molecule has 0 saturated carbocycles. The predicted molar refractivity (Wildman–Crippen MR) is 134 cm³/mol. The first-order valence-electron chi connectivity index (χ1n) is 11.1. The van der Waals surface area contributed by atoms with E-state index in [4.69, 9.17) is 21.1 Å². The van der Waals surface area contributed by atoms with E-state index in [-0.39, 0.29) is 18.1 Å². The van der Waals surface area contributed by atoms with Crippen LogP contribution in [0.2, 0.25) is 5.02 Å². The third kappa shape index (κ3) is 3.68. The van der Waals surface area contributed by atoms with Crippen LogP contribution in [0.25, 0.3) is 17.0 Å². The van der Waals surface area contributed by atoms with E-state index in [2.05, 4.69) is 5.32 Å². The number of fused-ring (bicyclic) bond motifs is 2. The minimum atomic E-state index is -0.831. The van der Waals surface area contributed by atoms with Gasteiger partial charge in [-0.2, -0.15) is 0 Å². The summed E-state index contributed by atoms with van der Waals surface area (Å²) in [7, 11) is 0. The van der Waals surface area contributed by atoms with Crippen molar-refractivity contribution in [1.29, 1.82) is 0 Å². The zero-order valence-corrected chi connectivity index (χ0v) is 19.5. The predicted octanol–water partition coefficient (Wildman–Crippen LogP) is 4.74. The van der Waals surface area contributed by atoms with E-state index in [0.29, 0.717) is 28.6 Å². The van der Waals surface area contributed by atoms with Crippen molar-refractivity contribution in [3.05, 3.63) is 94.6 Å². The average Bonchev–Trinajstić information content (AvgIpc) is 3.47. The highest BCUT2D eigenvalue weighted by Crippen LogP contribution is 2.36. The summed E-state index contributed by atoms with van der Waals surface area (Å²) in [5.41, 5.74) is 2.62. The van der Waals surface area contributed by atoms with Gasteiger partial charge in [0.2, 0.25) is 6.79 Å². The molecule has 6 rings (SSSR count). The van der Waals surface area contributed by atoms with E-state index in [0.717, 1.165) is 21.4 Å². The fourth-order valence-corrected chi connectivity index (χ4v) is 4.60. The van der Waals surface area contributed by atoms with Gasteiger partial charge in [0.05, 0.1) is 5.69 Å². The van der Waals surface area contributed by atoms with Gasteiger partial charge >= 0.3 is 6.03 Å². The Labute approximate surface area is 210 Å². The van der Waals surface area contributed by atoms with Crippen LogP contribution >= 0.6 is 11.6 Å². The van der Waals surface area contributed by atoms with Crippen molar-refractivity contribution in [3.63, 3.8) is 0 Å². The number of ether oxygens (including phenoxy) is 2. The highest BCUT2D eigenvalue weighted by Gasteiger charge is 2.37. The van der Waals surface area contributed by atoms with Crippen molar-refractivity contribution in [1.82, 2.24) is 9.88 Å². The molecule has 4 aromatic rings. The van der Waals surface area contributed by atoms with Crippen LogP contribution in [-0.4, -0.2) is 29.2 Å². The summed E-state index contributed by atoms with van der Waals surface area (Å²) >= 11 is 6.37. The minimum Gasteiger partial charge on any atom is -0.454 e. The lowest BCUT2D eigenvalue weighted by atomic mass is 10.1. The molecule has 0 atom stereocenters. The van der Waals surface area contributed by atoms with Crippen molar-refractivity contribution >= 4 is 52.1 Å². The number of hydrogen-bond acceptors (Lipinski definition) is 5. The number of hydrogen-bond donors (Lipinski definition) is 1. The van der Waals surface area contributed by atoms with E-state index >= 15 is 0 Å². The number of carbonyl (C=O) groups excluding carboxylic acids is 3. The maximum atomic E-state index is 13.4. The third-order valence-corrected chi connectivity index (χ3v) is 6.50. The summed E-state index contributed by atoms with van der Waals surface area (Å²) in [6, 6.07) is 19.1. The summed E-state index contributed by atoms with van der Waals surface area (Å²) in [5, 5.41) is 3.76. The highest BCUT2D eigenvalue weighted by atomic mass is 35.5. The Morgan fingerprint density at radius 1 is 0.944 bits per heavy atom. The van der Waals surface area contributed by atoms with Crippen LogP contribution < -0.4 is 19.7 Å². The number of carbonyl (C=O) groups is 3. The normalized spacial score (nSPS) is 16.2. The Kier molecular flexibility index (Phi) is 5.23. The second-order valence-corrected chi connectivity index (χ2v) is 8.72. The van der Waals surface area contributed by atoms with Crippen LogP contribution in [0.3, 0.4) is 0 Å². The Hall–Kier alpha value is -4.56. The number of nitrogens with zero attached hydrogens (tertiary/aromatic N) is 2. The lowest BCUT2D eigenvalue weighted by Crippen LogP contribution is -2.54. The Bertz CT molecular complexity index is 1610. The maximum Gasteiger partial charge on any atom is 0.335 e. The molecule has 178 valence electrons.